The largest absolute Gasteiger partial charge is 0.496 e. The topological polar surface area (TPSA) is 100 Å². The van der Waals surface area contributed by atoms with Crippen LogP contribution in [0, 0.1) is 11.8 Å². The summed E-state index contributed by atoms with van der Waals surface area (Å²) in [6, 6.07) is 3.40. The summed E-state index contributed by atoms with van der Waals surface area (Å²) in [6.45, 7) is 8.40. The maximum atomic E-state index is 13.9. The molecule has 6 atom stereocenters. The standard InChI is InChI=1S/C28H42N4O5/c1-8-17(3)23-26(33)29-14-12-19-16-20(10-11-21(19)36-7)37-22-13-15-32(25(22)27(34)30-23)28(35)24(31(5)6)18(4)9-2/h10-12,14,16-18,22-25H,8-9,13,15H2,1-7H3,(H,29,33)(H,30,34)/t17-,18+,22+,23-,24-,25-/m0/s1. The van der Waals surface area contributed by atoms with Gasteiger partial charge < -0.3 is 25.0 Å². The summed E-state index contributed by atoms with van der Waals surface area (Å²) in [4.78, 5) is 44.4. The van der Waals surface area contributed by atoms with Gasteiger partial charge in [0, 0.05) is 24.7 Å². The molecule has 1 aromatic carbocycles. The number of rotatable bonds is 7. The Labute approximate surface area is 220 Å². The minimum Gasteiger partial charge on any atom is -0.496 e. The van der Waals surface area contributed by atoms with Gasteiger partial charge in [-0.1, -0.05) is 40.5 Å². The van der Waals surface area contributed by atoms with Crippen molar-refractivity contribution in [2.24, 2.45) is 11.8 Å². The van der Waals surface area contributed by atoms with Gasteiger partial charge in [-0.25, -0.2) is 0 Å². The lowest BCUT2D eigenvalue weighted by atomic mass is 9.96. The smallest absolute Gasteiger partial charge is 0.247 e. The summed E-state index contributed by atoms with van der Waals surface area (Å²) in [7, 11) is 5.35. The second kappa shape index (κ2) is 12.4. The first-order valence-electron chi connectivity index (χ1n) is 13.2. The van der Waals surface area contributed by atoms with E-state index in [9.17, 15) is 14.4 Å². The number of carbonyl (C=O) groups is 3. The number of benzene rings is 1. The number of hydrogen-bond acceptors (Lipinski definition) is 6. The molecular formula is C28H42N4O5. The number of methoxy groups -OCH3 is 1. The summed E-state index contributed by atoms with van der Waals surface area (Å²) in [5, 5.41) is 5.76. The predicted octanol–water partition coefficient (Wildman–Crippen LogP) is 2.65. The molecular weight excluding hydrogens is 472 g/mol. The lowest BCUT2D eigenvalue weighted by Gasteiger charge is -2.36. The summed E-state index contributed by atoms with van der Waals surface area (Å²) in [6.07, 6.45) is 4.76. The normalized spacial score (nSPS) is 24.4. The molecule has 2 aliphatic heterocycles. The summed E-state index contributed by atoms with van der Waals surface area (Å²) in [5.74, 6) is 0.390. The highest BCUT2D eigenvalue weighted by Gasteiger charge is 2.47. The third kappa shape index (κ3) is 6.26. The summed E-state index contributed by atoms with van der Waals surface area (Å²) in [5.41, 5.74) is 0.728. The van der Waals surface area contributed by atoms with Crippen molar-refractivity contribution < 1.29 is 23.9 Å². The van der Waals surface area contributed by atoms with Crippen molar-refractivity contribution in [2.75, 3.05) is 27.7 Å². The lowest BCUT2D eigenvalue weighted by molar-refractivity contribution is -0.145. The zero-order valence-electron chi connectivity index (χ0n) is 23.1. The van der Waals surface area contributed by atoms with E-state index in [1.54, 1.807) is 36.4 Å². The van der Waals surface area contributed by atoms with Crippen LogP contribution in [0.5, 0.6) is 11.5 Å². The number of likely N-dealkylation sites (tertiary alicyclic amines) is 1. The monoisotopic (exact) mass is 514 g/mol. The molecule has 1 fully saturated rings. The van der Waals surface area contributed by atoms with Gasteiger partial charge in [-0.05, 0) is 50.2 Å². The number of carbonyl (C=O) groups excluding carboxylic acids is 3. The summed E-state index contributed by atoms with van der Waals surface area (Å²) < 4.78 is 11.8. The molecule has 9 heteroatoms. The minimum absolute atomic E-state index is 0.100. The molecule has 37 heavy (non-hydrogen) atoms. The van der Waals surface area contributed by atoms with Crippen molar-refractivity contribution in [3.05, 3.63) is 30.0 Å². The van der Waals surface area contributed by atoms with Crippen molar-refractivity contribution in [1.29, 1.82) is 0 Å². The predicted molar refractivity (Wildman–Crippen MR) is 143 cm³/mol. The summed E-state index contributed by atoms with van der Waals surface area (Å²) >= 11 is 0. The Hall–Kier alpha value is -3.07. The molecule has 2 heterocycles. The Kier molecular flexibility index (Phi) is 9.59. The Morgan fingerprint density at radius 1 is 1.19 bits per heavy atom. The van der Waals surface area contributed by atoms with Crippen molar-refractivity contribution >= 4 is 23.8 Å². The van der Waals surface area contributed by atoms with Crippen LogP contribution in [0.2, 0.25) is 0 Å². The fraction of sp³-hybridized carbons (Fsp3) is 0.607. The number of nitrogens with one attached hydrogen (secondary N) is 2. The van der Waals surface area contributed by atoms with Gasteiger partial charge in [0.1, 0.15) is 29.7 Å². The highest BCUT2D eigenvalue weighted by Crippen LogP contribution is 2.31. The Morgan fingerprint density at radius 2 is 1.92 bits per heavy atom. The second-order valence-corrected chi connectivity index (χ2v) is 10.3. The second-order valence-electron chi connectivity index (χ2n) is 10.3. The highest BCUT2D eigenvalue weighted by atomic mass is 16.5. The van der Waals surface area contributed by atoms with Gasteiger partial charge in [0.2, 0.25) is 17.7 Å². The first-order chi connectivity index (χ1) is 17.6. The Bertz CT molecular complexity index is 1010. The Morgan fingerprint density at radius 3 is 2.54 bits per heavy atom. The van der Waals surface area contributed by atoms with E-state index in [2.05, 4.69) is 17.6 Å². The molecule has 0 aliphatic carbocycles. The SMILES string of the molecule is CC[C@@H](C)[C@@H](C(=O)N1CC[C@H]2Oc3ccc(OC)c(c3)C=CNC(=O)[C@H]([C@@H](C)CC)NC(=O)[C@H]21)N(C)C. The lowest BCUT2D eigenvalue weighted by Crippen LogP contribution is -2.60. The van der Waals surface area contributed by atoms with E-state index in [4.69, 9.17) is 9.47 Å². The molecule has 0 spiro atoms. The fourth-order valence-corrected chi connectivity index (χ4v) is 5.15. The first kappa shape index (κ1) is 28.5. The third-order valence-electron chi connectivity index (χ3n) is 7.66. The molecule has 1 aromatic rings. The maximum Gasteiger partial charge on any atom is 0.247 e. The highest BCUT2D eigenvalue weighted by molar-refractivity contribution is 5.94. The first-order valence-corrected chi connectivity index (χ1v) is 13.2. The van der Waals surface area contributed by atoms with Crippen LogP contribution < -0.4 is 20.1 Å². The quantitative estimate of drug-likeness (QED) is 0.580. The average molecular weight is 515 g/mol. The molecule has 3 amide bonds. The molecule has 0 radical (unpaired) electrons. The van der Waals surface area contributed by atoms with E-state index in [0.717, 1.165) is 12.0 Å². The van der Waals surface area contributed by atoms with Crippen LogP contribution in [0.4, 0.5) is 0 Å². The van der Waals surface area contributed by atoms with Crippen molar-refractivity contribution in [3.63, 3.8) is 0 Å². The van der Waals surface area contributed by atoms with E-state index >= 15 is 0 Å². The zero-order chi connectivity index (χ0) is 27.3. The van der Waals surface area contributed by atoms with Gasteiger partial charge in [-0.15, -0.1) is 0 Å². The van der Waals surface area contributed by atoms with Crippen LogP contribution in [-0.2, 0) is 14.4 Å². The molecule has 2 bridgehead atoms. The molecule has 2 aliphatic rings. The molecule has 9 nitrogen and oxygen atoms in total. The van der Waals surface area contributed by atoms with E-state index < -0.39 is 18.2 Å². The van der Waals surface area contributed by atoms with Crippen LogP contribution in [0.15, 0.2) is 24.4 Å². The number of nitrogens with zero attached hydrogens (tertiary/aromatic N) is 2. The fourth-order valence-electron chi connectivity index (χ4n) is 5.15. The van der Waals surface area contributed by atoms with Crippen molar-refractivity contribution in [3.8, 4) is 11.5 Å². The Balaban J connectivity index is 2.05. The van der Waals surface area contributed by atoms with Crippen molar-refractivity contribution in [1.82, 2.24) is 20.4 Å². The number of likely N-dealkylation sites (N-methyl/N-ethyl adjacent to an activating group) is 1. The molecule has 0 unspecified atom stereocenters. The number of hydrogen-bond donors (Lipinski definition) is 2. The number of ether oxygens (including phenoxy) is 2. The van der Waals surface area contributed by atoms with E-state index in [1.807, 2.05) is 45.8 Å². The zero-order valence-corrected chi connectivity index (χ0v) is 23.1. The molecule has 2 N–H and O–H groups in total. The van der Waals surface area contributed by atoms with Crippen LogP contribution in [0.25, 0.3) is 6.08 Å². The van der Waals surface area contributed by atoms with Gasteiger partial charge in [-0.2, -0.15) is 0 Å². The molecule has 3 rings (SSSR count). The van der Waals surface area contributed by atoms with Gasteiger partial charge in [0.25, 0.3) is 0 Å². The maximum absolute atomic E-state index is 13.9. The van der Waals surface area contributed by atoms with Gasteiger partial charge in [-0.3, -0.25) is 19.3 Å². The molecule has 1 saturated heterocycles. The third-order valence-corrected chi connectivity index (χ3v) is 7.66. The number of amides is 3. The van der Waals surface area contributed by atoms with Gasteiger partial charge in [0.05, 0.1) is 13.2 Å². The molecule has 0 aromatic heterocycles. The van der Waals surface area contributed by atoms with Crippen LogP contribution in [-0.4, -0.2) is 79.5 Å². The van der Waals surface area contributed by atoms with Gasteiger partial charge >= 0.3 is 0 Å². The van der Waals surface area contributed by atoms with E-state index in [1.165, 1.54) is 0 Å². The van der Waals surface area contributed by atoms with Crippen LogP contribution in [0.3, 0.4) is 0 Å². The van der Waals surface area contributed by atoms with E-state index in [0.29, 0.717) is 30.9 Å². The van der Waals surface area contributed by atoms with Gasteiger partial charge in [0.15, 0.2) is 0 Å². The van der Waals surface area contributed by atoms with Crippen LogP contribution in [0.1, 0.15) is 52.5 Å². The molecule has 0 saturated carbocycles. The molecule has 204 valence electrons. The van der Waals surface area contributed by atoms with Crippen LogP contribution >= 0.6 is 0 Å². The number of fused-ring (bicyclic) bond motifs is 3. The average Bonchev–Trinajstić information content (AvgIpc) is 3.29. The van der Waals surface area contributed by atoms with E-state index in [-0.39, 0.29) is 35.6 Å². The van der Waals surface area contributed by atoms with Crippen molar-refractivity contribution in [2.45, 2.75) is 71.2 Å². The minimum atomic E-state index is -0.863.